The highest BCUT2D eigenvalue weighted by atomic mass is 35.5. The summed E-state index contributed by atoms with van der Waals surface area (Å²) < 4.78 is 43.6. The maximum atomic E-state index is 12.7. The monoisotopic (exact) mass is 313 g/mol. The Morgan fingerprint density at radius 2 is 1.90 bits per heavy atom. The van der Waals surface area contributed by atoms with Gasteiger partial charge in [-0.1, -0.05) is 23.7 Å². The number of furan rings is 1. The Morgan fingerprint density at radius 3 is 2.57 bits per heavy atom. The Labute approximate surface area is 121 Å². The van der Waals surface area contributed by atoms with Crippen molar-refractivity contribution in [2.45, 2.75) is 6.18 Å². The number of nitrogens with zero attached hydrogens (tertiary/aromatic N) is 2. The van der Waals surface area contributed by atoms with Crippen LogP contribution in [-0.4, -0.2) is 9.97 Å². The molecule has 0 saturated heterocycles. The Balaban J connectivity index is 2.18. The molecular weight excluding hydrogens is 307 g/mol. The summed E-state index contributed by atoms with van der Waals surface area (Å²) in [6, 6.07) is 7.81. The molecule has 0 spiro atoms. The predicted octanol–water partition coefficient (Wildman–Crippen LogP) is 4.14. The first-order chi connectivity index (χ1) is 9.84. The number of fused-ring (bicyclic) bond motifs is 1. The third-order valence-electron chi connectivity index (χ3n) is 2.75. The van der Waals surface area contributed by atoms with E-state index < -0.39 is 12.0 Å². The van der Waals surface area contributed by atoms with E-state index in [0.717, 1.165) is 0 Å². The third-order valence-corrected chi connectivity index (χ3v) is 3.05. The molecule has 0 saturated carbocycles. The molecule has 0 amide bonds. The predicted molar refractivity (Wildman–Crippen MR) is 71.7 cm³/mol. The lowest BCUT2D eigenvalue weighted by Crippen LogP contribution is -2.12. The second-order valence-corrected chi connectivity index (χ2v) is 4.68. The molecule has 1 aromatic carbocycles. The van der Waals surface area contributed by atoms with E-state index in [1.165, 1.54) is 6.07 Å². The van der Waals surface area contributed by atoms with Gasteiger partial charge in [0.2, 0.25) is 5.82 Å². The molecule has 0 atom stereocenters. The number of nitrogens with two attached hydrogens (primary N) is 1. The number of hydrogen-bond acceptors (Lipinski definition) is 4. The molecule has 8 heteroatoms. The summed E-state index contributed by atoms with van der Waals surface area (Å²) in [5.74, 6) is -1.47. The summed E-state index contributed by atoms with van der Waals surface area (Å²) in [5.41, 5.74) is 5.72. The molecule has 0 aliphatic rings. The molecule has 0 aliphatic heterocycles. The first-order valence-corrected chi connectivity index (χ1v) is 6.12. The fraction of sp³-hybridized carbons (Fsp3) is 0.0769. The first kappa shape index (κ1) is 13.7. The average Bonchev–Trinajstić information content (AvgIpc) is 2.82. The number of nitrogen functional groups attached to an aromatic ring is 1. The lowest BCUT2D eigenvalue weighted by molar-refractivity contribution is -0.144. The van der Waals surface area contributed by atoms with Gasteiger partial charge < -0.3 is 10.2 Å². The summed E-state index contributed by atoms with van der Waals surface area (Å²) in [5, 5.41) is 1.01. The van der Waals surface area contributed by atoms with Crippen LogP contribution in [0.3, 0.4) is 0 Å². The largest absolute Gasteiger partial charge is 0.453 e. The number of para-hydroxylation sites is 1. The minimum atomic E-state index is -4.69. The summed E-state index contributed by atoms with van der Waals surface area (Å²) >= 11 is 5.96. The average molecular weight is 314 g/mol. The number of rotatable bonds is 1. The molecule has 0 fully saturated rings. The second kappa shape index (κ2) is 4.63. The highest BCUT2D eigenvalue weighted by Gasteiger charge is 2.35. The van der Waals surface area contributed by atoms with Crippen molar-refractivity contribution in [3.05, 3.63) is 41.2 Å². The normalized spacial score (nSPS) is 12.0. The van der Waals surface area contributed by atoms with Crippen LogP contribution in [0.25, 0.3) is 22.4 Å². The SMILES string of the molecule is Nc1cc(-c2cc3cccc(Cl)c3o2)nc(C(F)(F)F)n1. The van der Waals surface area contributed by atoms with E-state index in [1.807, 2.05) is 0 Å². The van der Waals surface area contributed by atoms with Crippen molar-refractivity contribution in [1.29, 1.82) is 0 Å². The molecule has 3 rings (SSSR count). The van der Waals surface area contributed by atoms with Gasteiger partial charge in [-0.25, -0.2) is 9.97 Å². The van der Waals surface area contributed by atoms with Crippen LogP contribution < -0.4 is 5.73 Å². The van der Waals surface area contributed by atoms with Crippen molar-refractivity contribution in [3.8, 4) is 11.5 Å². The number of hydrogen-bond donors (Lipinski definition) is 1. The molecule has 2 aromatic heterocycles. The standard InChI is InChI=1S/C13H7ClF3N3O/c14-7-3-1-2-6-4-9(21-11(6)7)8-5-10(18)20-12(19-8)13(15,16)17/h1-5H,(H2,18,19,20). The van der Waals surface area contributed by atoms with E-state index in [1.54, 1.807) is 24.3 Å². The van der Waals surface area contributed by atoms with Crippen molar-refractivity contribution < 1.29 is 17.6 Å². The van der Waals surface area contributed by atoms with E-state index in [9.17, 15) is 13.2 Å². The molecule has 2 N–H and O–H groups in total. The van der Waals surface area contributed by atoms with Crippen LogP contribution in [0.4, 0.5) is 19.0 Å². The lowest BCUT2D eigenvalue weighted by atomic mass is 10.2. The highest BCUT2D eigenvalue weighted by Crippen LogP contribution is 2.33. The summed E-state index contributed by atoms with van der Waals surface area (Å²) in [6.07, 6.45) is -4.69. The van der Waals surface area contributed by atoms with Crippen molar-refractivity contribution in [2.24, 2.45) is 0 Å². The van der Waals surface area contributed by atoms with Crippen LogP contribution in [0.5, 0.6) is 0 Å². The molecular formula is C13H7ClF3N3O. The first-order valence-electron chi connectivity index (χ1n) is 5.75. The number of alkyl halides is 3. The number of anilines is 1. The van der Waals surface area contributed by atoms with Crippen molar-refractivity contribution in [3.63, 3.8) is 0 Å². The van der Waals surface area contributed by atoms with Crippen LogP contribution in [-0.2, 0) is 6.18 Å². The van der Waals surface area contributed by atoms with Gasteiger partial charge in [-0.15, -0.1) is 0 Å². The molecule has 0 radical (unpaired) electrons. The molecule has 0 aliphatic carbocycles. The molecule has 3 aromatic rings. The molecule has 0 unspecified atom stereocenters. The number of aromatic nitrogens is 2. The van der Waals surface area contributed by atoms with Gasteiger partial charge in [-0.3, -0.25) is 0 Å². The second-order valence-electron chi connectivity index (χ2n) is 4.27. The van der Waals surface area contributed by atoms with Gasteiger partial charge in [0, 0.05) is 11.5 Å². The maximum absolute atomic E-state index is 12.7. The van der Waals surface area contributed by atoms with Gasteiger partial charge in [0.25, 0.3) is 0 Å². The summed E-state index contributed by atoms with van der Waals surface area (Å²) in [6.45, 7) is 0. The van der Waals surface area contributed by atoms with Crippen molar-refractivity contribution >= 4 is 28.4 Å². The third kappa shape index (κ3) is 2.52. The molecule has 21 heavy (non-hydrogen) atoms. The number of halogens is 4. The van der Waals surface area contributed by atoms with Gasteiger partial charge in [0.15, 0.2) is 11.3 Å². The van der Waals surface area contributed by atoms with Gasteiger partial charge in [0.1, 0.15) is 11.5 Å². The minimum absolute atomic E-state index is 0.0536. The van der Waals surface area contributed by atoms with Gasteiger partial charge in [-0.2, -0.15) is 13.2 Å². The van der Waals surface area contributed by atoms with Crippen LogP contribution in [0.2, 0.25) is 5.02 Å². The summed E-state index contributed by atoms with van der Waals surface area (Å²) in [7, 11) is 0. The zero-order chi connectivity index (χ0) is 15.2. The van der Waals surface area contributed by atoms with Gasteiger partial charge in [0.05, 0.1) is 5.02 Å². The van der Waals surface area contributed by atoms with Gasteiger partial charge >= 0.3 is 6.18 Å². The van der Waals surface area contributed by atoms with Crippen LogP contribution >= 0.6 is 11.6 Å². The quantitative estimate of drug-likeness (QED) is 0.733. The van der Waals surface area contributed by atoms with E-state index in [-0.39, 0.29) is 17.3 Å². The highest BCUT2D eigenvalue weighted by molar-refractivity contribution is 6.34. The van der Waals surface area contributed by atoms with Crippen LogP contribution in [0, 0.1) is 0 Å². The minimum Gasteiger partial charge on any atom is -0.453 e. The number of benzene rings is 1. The Morgan fingerprint density at radius 1 is 1.14 bits per heavy atom. The van der Waals surface area contributed by atoms with E-state index in [4.69, 9.17) is 21.8 Å². The van der Waals surface area contributed by atoms with Crippen LogP contribution in [0.15, 0.2) is 34.7 Å². The summed E-state index contributed by atoms with van der Waals surface area (Å²) in [4.78, 5) is 6.62. The molecule has 0 bridgehead atoms. The fourth-order valence-electron chi connectivity index (χ4n) is 1.87. The van der Waals surface area contributed by atoms with Crippen molar-refractivity contribution in [2.75, 3.05) is 5.73 Å². The Kier molecular flexibility index (Phi) is 3.02. The lowest BCUT2D eigenvalue weighted by Gasteiger charge is -2.06. The van der Waals surface area contributed by atoms with E-state index in [2.05, 4.69) is 9.97 Å². The smallest absolute Gasteiger partial charge is 0.451 e. The molecule has 108 valence electrons. The Bertz CT molecular complexity index is 829. The van der Waals surface area contributed by atoms with E-state index >= 15 is 0 Å². The zero-order valence-corrected chi connectivity index (χ0v) is 11.0. The zero-order valence-electron chi connectivity index (χ0n) is 10.3. The Hall–Kier alpha value is -2.28. The molecule has 2 heterocycles. The molecule has 4 nitrogen and oxygen atoms in total. The van der Waals surface area contributed by atoms with Crippen molar-refractivity contribution in [1.82, 2.24) is 9.97 Å². The topological polar surface area (TPSA) is 64.9 Å². The van der Waals surface area contributed by atoms with E-state index in [0.29, 0.717) is 16.0 Å². The van der Waals surface area contributed by atoms with Gasteiger partial charge in [-0.05, 0) is 12.1 Å². The maximum Gasteiger partial charge on any atom is 0.451 e. The fourth-order valence-corrected chi connectivity index (χ4v) is 2.09. The van der Waals surface area contributed by atoms with Crippen LogP contribution in [0.1, 0.15) is 5.82 Å².